The molecule has 2 aromatic carbocycles. The van der Waals surface area contributed by atoms with Gasteiger partial charge in [-0.2, -0.15) is 0 Å². The van der Waals surface area contributed by atoms with Crippen LogP contribution in [0.4, 0.5) is 5.69 Å². The number of benzene rings is 2. The van der Waals surface area contributed by atoms with E-state index in [2.05, 4.69) is 33.7 Å². The van der Waals surface area contributed by atoms with Crippen LogP contribution in [-0.4, -0.2) is 43.5 Å². The second kappa shape index (κ2) is 6.83. The molecule has 5 nitrogen and oxygen atoms in total. The van der Waals surface area contributed by atoms with Crippen molar-refractivity contribution in [2.24, 2.45) is 0 Å². The lowest BCUT2D eigenvalue weighted by Crippen LogP contribution is -2.44. The summed E-state index contributed by atoms with van der Waals surface area (Å²) in [6.45, 7) is 6.03. The Hall–Kier alpha value is -2.63. The van der Waals surface area contributed by atoms with Crippen molar-refractivity contribution < 1.29 is 9.53 Å². The van der Waals surface area contributed by atoms with Crippen LogP contribution in [0.2, 0.25) is 0 Å². The summed E-state index contributed by atoms with van der Waals surface area (Å²) in [6, 6.07) is 14.3. The Labute approximate surface area is 159 Å². The third-order valence-corrected chi connectivity index (χ3v) is 5.61. The van der Waals surface area contributed by atoms with Gasteiger partial charge in [-0.1, -0.05) is 36.4 Å². The normalized spacial score (nSPS) is 21.6. The van der Waals surface area contributed by atoms with Crippen molar-refractivity contribution in [3.05, 3.63) is 64.7 Å². The predicted octanol–water partition coefficient (Wildman–Crippen LogP) is 2.48. The first kappa shape index (κ1) is 16.5. The molecule has 0 aromatic heterocycles. The summed E-state index contributed by atoms with van der Waals surface area (Å²) in [5.41, 5.74) is 5.98. The summed E-state index contributed by atoms with van der Waals surface area (Å²) in [5.74, 6) is 0.628. The number of rotatable bonds is 3. The van der Waals surface area contributed by atoms with Crippen molar-refractivity contribution in [3.8, 4) is 0 Å². The van der Waals surface area contributed by atoms with Crippen molar-refractivity contribution in [1.29, 1.82) is 0 Å². The highest BCUT2D eigenvalue weighted by Gasteiger charge is 2.32. The van der Waals surface area contributed by atoms with Gasteiger partial charge in [0.2, 0.25) is 0 Å². The minimum absolute atomic E-state index is 0.0816. The van der Waals surface area contributed by atoms with E-state index >= 15 is 0 Å². The lowest BCUT2D eigenvalue weighted by molar-refractivity contribution is -0.110. The molecule has 5 heteroatoms. The van der Waals surface area contributed by atoms with E-state index in [1.807, 2.05) is 24.3 Å². The fourth-order valence-corrected chi connectivity index (χ4v) is 4.14. The molecular formula is C22H23N3O2. The Morgan fingerprint density at radius 3 is 2.78 bits per heavy atom. The van der Waals surface area contributed by atoms with Crippen LogP contribution < -0.4 is 10.6 Å². The lowest BCUT2D eigenvalue weighted by Gasteiger charge is -2.27. The third-order valence-electron chi connectivity index (χ3n) is 5.61. The van der Waals surface area contributed by atoms with Gasteiger partial charge in [-0.3, -0.25) is 4.79 Å². The van der Waals surface area contributed by atoms with E-state index in [0.29, 0.717) is 17.9 Å². The molecule has 0 atom stereocenters. The molecule has 2 aromatic rings. The van der Waals surface area contributed by atoms with Crippen LogP contribution in [-0.2, 0) is 22.6 Å². The molecule has 27 heavy (non-hydrogen) atoms. The number of nitrogens with zero attached hydrogens (tertiary/aromatic N) is 1. The van der Waals surface area contributed by atoms with Crippen molar-refractivity contribution >= 4 is 22.9 Å². The Morgan fingerprint density at radius 2 is 1.89 bits per heavy atom. The number of carbonyl (C=O) groups excluding carboxylic acids is 1. The maximum atomic E-state index is 12.5. The van der Waals surface area contributed by atoms with E-state index in [1.54, 1.807) is 0 Å². The van der Waals surface area contributed by atoms with Gasteiger partial charge < -0.3 is 20.3 Å². The van der Waals surface area contributed by atoms with Gasteiger partial charge in [0.1, 0.15) is 12.4 Å². The molecule has 1 amide bonds. The predicted molar refractivity (Wildman–Crippen MR) is 106 cm³/mol. The molecule has 2 N–H and O–H groups in total. The minimum atomic E-state index is -0.0816. The van der Waals surface area contributed by atoms with Gasteiger partial charge in [0.25, 0.3) is 5.91 Å². The van der Waals surface area contributed by atoms with E-state index in [0.717, 1.165) is 56.0 Å². The lowest BCUT2D eigenvalue weighted by atomic mass is 9.98. The number of hydrogen-bond acceptors (Lipinski definition) is 4. The first-order chi connectivity index (χ1) is 13.3. The number of anilines is 1. The summed E-state index contributed by atoms with van der Waals surface area (Å²) in [4.78, 5) is 15.0. The van der Waals surface area contributed by atoms with Crippen LogP contribution in [0.1, 0.15) is 22.3 Å². The molecule has 3 aliphatic heterocycles. The van der Waals surface area contributed by atoms with Gasteiger partial charge in [0.15, 0.2) is 0 Å². The summed E-state index contributed by atoms with van der Waals surface area (Å²) < 4.78 is 5.98. The number of amides is 1. The van der Waals surface area contributed by atoms with Gasteiger partial charge in [0, 0.05) is 55.1 Å². The van der Waals surface area contributed by atoms with E-state index in [4.69, 9.17) is 4.74 Å². The first-order valence-corrected chi connectivity index (χ1v) is 9.63. The number of para-hydroxylation sites is 1. The first-order valence-electron chi connectivity index (χ1n) is 9.63. The Kier molecular flexibility index (Phi) is 4.19. The largest absolute Gasteiger partial charge is 0.487 e. The highest BCUT2D eigenvalue weighted by Crippen LogP contribution is 2.41. The molecule has 0 unspecified atom stereocenters. The molecule has 0 radical (unpaired) electrons. The molecule has 0 spiro atoms. The fourth-order valence-electron chi connectivity index (χ4n) is 4.14. The van der Waals surface area contributed by atoms with Gasteiger partial charge in [-0.25, -0.2) is 0 Å². The van der Waals surface area contributed by atoms with Gasteiger partial charge >= 0.3 is 0 Å². The van der Waals surface area contributed by atoms with Crippen LogP contribution in [0.15, 0.2) is 42.5 Å². The number of fused-ring (bicyclic) bond motifs is 2. The van der Waals surface area contributed by atoms with Crippen LogP contribution >= 0.6 is 0 Å². The monoisotopic (exact) mass is 361 g/mol. The zero-order valence-electron chi connectivity index (χ0n) is 15.3. The standard InChI is InChI=1S/C22H23N3O2/c26-22-20(18-3-1-2-4-19(18)24-22)21-17-6-5-15(13-16(17)14-27-21)7-10-25-11-8-23-9-12-25/h1-6,13,23H,7-12,14H2,(H,24,26). The summed E-state index contributed by atoms with van der Waals surface area (Å²) in [5, 5.41) is 6.33. The van der Waals surface area contributed by atoms with Crippen molar-refractivity contribution in [2.45, 2.75) is 13.0 Å². The van der Waals surface area contributed by atoms with E-state index in [9.17, 15) is 4.79 Å². The molecule has 3 aliphatic rings. The zero-order chi connectivity index (χ0) is 18.2. The van der Waals surface area contributed by atoms with Crippen LogP contribution in [0, 0.1) is 0 Å². The highest BCUT2D eigenvalue weighted by atomic mass is 16.5. The molecule has 1 fully saturated rings. The van der Waals surface area contributed by atoms with Crippen molar-refractivity contribution in [1.82, 2.24) is 10.2 Å². The number of piperazine rings is 1. The van der Waals surface area contributed by atoms with Crippen LogP contribution in [0.25, 0.3) is 11.3 Å². The minimum Gasteiger partial charge on any atom is -0.487 e. The van der Waals surface area contributed by atoms with Gasteiger partial charge in [-0.05, 0) is 18.1 Å². The number of hydrogen-bond donors (Lipinski definition) is 2. The Bertz CT molecular complexity index is 929. The molecular weight excluding hydrogens is 338 g/mol. The van der Waals surface area contributed by atoms with E-state index in [-0.39, 0.29) is 5.91 Å². The molecule has 0 saturated carbocycles. The highest BCUT2D eigenvalue weighted by molar-refractivity contribution is 6.36. The SMILES string of the molecule is O=C1Nc2ccccc2C1=C1OCc2cc(CCN3CCNCC3)ccc21. The molecule has 5 rings (SSSR count). The maximum absolute atomic E-state index is 12.5. The summed E-state index contributed by atoms with van der Waals surface area (Å²) >= 11 is 0. The van der Waals surface area contributed by atoms with E-state index < -0.39 is 0 Å². The smallest absolute Gasteiger partial charge is 0.260 e. The second-order valence-corrected chi connectivity index (χ2v) is 7.33. The number of carbonyl (C=O) groups is 1. The molecule has 3 heterocycles. The van der Waals surface area contributed by atoms with Crippen molar-refractivity contribution in [3.63, 3.8) is 0 Å². The van der Waals surface area contributed by atoms with Gasteiger partial charge in [-0.15, -0.1) is 0 Å². The maximum Gasteiger partial charge on any atom is 0.260 e. The van der Waals surface area contributed by atoms with Crippen molar-refractivity contribution in [2.75, 3.05) is 38.0 Å². The average molecular weight is 361 g/mol. The Morgan fingerprint density at radius 1 is 1.04 bits per heavy atom. The second-order valence-electron chi connectivity index (χ2n) is 7.33. The van der Waals surface area contributed by atoms with Crippen LogP contribution in [0.3, 0.4) is 0 Å². The molecule has 0 bridgehead atoms. The Balaban J connectivity index is 1.41. The molecule has 1 saturated heterocycles. The van der Waals surface area contributed by atoms with Crippen LogP contribution in [0.5, 0.6) is 0 Å². The summed E-state index contributed by atoms with van der Waals surface area (Å²) in [6.07, 6.45) is 1.04. The number of nitrogens with one attached hydrogen (secondary N) is 2. The molecule has 138 valence electrons. The molecule has 0 aliphatic carbocycles. The average Bonchev–Trinajstić information content (AvgIpc) is 3.26. The topological polar surface area (TPSA) is 53.6 Å². The zero-order valence-corrected chi connectivity index (χ0v) is 15.3. The van der Waals surface area contributed by atoms with E-state index in [1.165, 1.54) is 11.1 Å². The third kappa shape index (κ3) is 3.03. The van der Waals surface area contributed by atoms with Gasteiger partial charge in [0.05, 0.1) is 5.57 Å². The fraction of sp³-hybridized carbons (Fsp3) is 0.318. The quantitative estimate of drug-likeness (QED) is 0.825. The summed E-state index contributed by atoms with van der Waals surface area (Å²) in [7, 11) is 0. The number of ether oxygens (including phenoxy) is 1.